The van der Waals surface area contributed by atoms with Gasteiger partial charge >= 0.3 is 0 Å². The van der Waals surface area contributed by atoms with Gasteiger partial charge in [0.25, 0.3) is 0 Å². The molecule has 0 radical (unpaired) electrons. The molecule has 94 valence electrons. The van der Waals surface area contributed by atoms with Crippen LogP contribution in [0.15, 0.2) is 18.2 Å². The van der Waals surface area contributed by atoms with Gasteiger partial charge in [0.1, 0.15) is 10.8 Å². The third kappa shape index (κ3) is 4.40. The van der Waals surface area contributed by atoms with Crippen LogP contribution in [0.5, 0.6) is 0 Å². The largest absolute Gasteiger partial charge is 0.389 e. The summed E-state index contributed by atoms with van der Waals surface area (Å²) in [5.74, 6) is 0.349. The van der Waals surface area contributed by atoms with Crippen LogP contribution in [0.2, 0.25) is 0 Å². The highest BCUT2D eigenvalue weighted by Crippen LogP contribution is 2.13. The average Bonchev–Trinajstić information content (AvgIpc) is 2.19. The Morgan fingerprint density at radius 1 is 1.47 bits per heavy atom. The topological polar surface area (TPSA) is 29.3 Å². The second-order valence-corrected chi connectivity index (χ2v) is 5.20. The molecule has 0 heterocycles. The molecule has 0 unspecified atom stereocenters. The third-order valence-corrected chi connectivity index (χ3v) is 2.68. The first-order valence-electron chi connectivity index (χ1n) is 5.67. The summed E-state index contributed by atoms with van der Waals surface area (Å²) >= 11 is 4.89. The summed E-state index contributed by atoms with van der Waals surface area (Å²) in [5.41, 5.74) is 6.89. The minimum absolute atomic E-state index is 0.208. The SMILES string of the molecule is CC(C)CN(C)Cc1cc(C(N)=S)ccc1F. The number of rotatable bonds is 5. The van der Waals surface area contributed by atoms with Crippen molar-refractivity contribution in [3.8, 4) is 0 Å². The number of hydrogen-bond acceptors (Lipinski definition) is 2. The lowest BCUT2D eigenvalue weighted by molar-refractivity contribution is 0.284. The minimum atomic E-state index is -0.208. The number of halogens is 1. The predicted octanol–water partition coefficient (Wildman–Crippen LogP) is 2.55. The summed E-state index contributed by atoms with van der Waals surface area (Å²) < 4.78 is 13.6. The van der Waals surface area contributed by atoms with Gasteiger partial charge in [0.15, 0.2) is 0 Å². The quantitative estimate of drug-likeness (QED) is 0.819. The number of nitrogens with two attached hydrogens (primary N) is 1. The van der Waals surface area contributed by atoms with E-state index in [1.165, 1.54) is 6.07 Å². The Labute approximate surface area is 108 Å². The lowest BCUT2D eigenvalue weighted by atomic mass is 10.1. The summed E-state index contributed by atoms with van der Waals surface area (Å²) in [6, 6.07) is 4.77. The van der Waals surface area contributed by atoms with Gasteiger partial charge in [-0.05, 0) is 31.2 Å². The smallest absolute Gasteiger partial charge is 0.127 e. The molecule has 0 atom stereocenters. The van der Waals surface area contributed by atoms with Crippen LogP contribution in [0.25, 0.3) is 0 Å². The zero-order chi connectivity index (χ0) is 13.0. The molecule has 0 aliphatic heterocycles. The van der Waals surface area contributed by atoms with Gasteiger partial charge in [-0.1, -0.05) is 26.1 Å². The Balaban J connectivity index is 2.82. The molecule has 4 heteroatoms. The monoisotopic (exact) mass is 254 g/mol. The maximum Gasteiger partial charge on any atom is 0.127 e. The Hall–Kier alpha value is -1.00. The van der Waals surface area contributed by atoms with Gasteiger partial charge in [-0.3, -0.25) is 0 Å². The number of hydrogen-bond donors (Lipinski definition) is 1. The van der Waals surface area contributed by atoms with Crippen molar-refractivity contribution in [2.75, 3.05) is 13.6 Å². The van der Waals surface area contributed by atoms with E-state index in [0.29, 0.717) is 28.6 Å². The van der Waals surface area contributed by atoms with Crippen LogP contribution in [0.1, 0.15) is 25.0 Å². The van der Waals surface area contributed by atoms with Crippen molar-refractivity contribution in [2.45, 2.75) is 20.4 Å². The zero-order valence-electron chi connectivity index (χ0n) is 10.5. The van der Waals surface area contributed by atoms with E-state index < -0.39 is 0 Å². The standard InChI is InChI=1S/C13H19FN2S/c1-9(2)7-16(3)8-11-6-10(13(15)17)4-5-12(11)14/h4-6,9H,7-8H2,1-3H3,(H2,15,17). The predicted molar refractivity (Wildman–Crippen MR) is 73.5 cm³/mol. The van der Waals surface area contributed by atoms with Gasteiger partial charge in [0.2, 0.25) is 0 Å². The number of nitrogens with zero attached hydrogens (tertiary/aromatic N) is 1. The highest BCUT2D eigenvalue weighted by atomic mass is 32.1. The van der Waals surface area contributed by atoms with E-state index in [-0.39, 0.29) is 5.82 Å². The lowest BCUT2D eigenvalue weighted by Crippen LogP contribution is -2.23. The first-order valence-corrected chi connectivity index (χ1v) is 6.07. The maximum atomic E-state index is 13.6. The number of thiocarbonyl (C=S) groups is 1. The first-order chi connectivity index (χ1) is 7.90. The molecule has 0 aliphatic rings. The van der Waals surface area contributed by atoms with E-state index in [2.05, 4.69) is 18.7 Å². The van der Waals surface area contributed by atoms with Gasteiger partial charge in [0, 0.05) is 24.2 Å². The molecule has 0 saturated carbocycles. The normalized spacial score (nSPS) is 11.2. The van der Waals surface area contributed by atoms with Crippen LogP contribution in [0.3, 0.4) is 0 Å². The van der Waals surface area contributed by atoms with E-state index in [1.807, 2.05) is 7.05 Å². The summed E-state index contributed by atoms with van der Waals surface area (Å²) in [6.07, 6.45) is 0. The molecule has 1 aromatic carbocycles. The molecule has 2 N–H and O–H groups in total. The van der Waals surface area contributed by atoms with Gasteiger partial charge in [-0.2, -0.15) is 0 Å². The molecular weight excluding hydrogens is 235 g/mol. The van der Waals surface area contributed by atoms with Crippen molar-refractivity contribution in [1.29, 1.82) is 0 Å². The van der Waals surface area contributed by atoms with Gasteiger partial charge in [0.05, 0.1) is 0 Å². The third-order valence-electron chi connectivity index (χ3n) is 2.45. The van der Waals surface area contributed by atoms with Crippen molar-refractivity contribution in [2.24, 2.45) is 11.7 Å². The summed E-state index contributed by atoms with van der Waals surface area (Å²) in [7, 11) is 1.98. The Kier molecular flexibility index (Phi) is 5.02. The number of benzene rings is 1. The molecule has 1 aromatic rings. The molecule has 0 spiro atoms. The van der Waals surface area contributed by atoms with Gasteiger partial charge in [-0.25, -0.2) is 4.39 Å². The lowest BCUT2D eigenvalue weighted by Gasteiger charge is -2.19. The van der Waals surface area contributed by atoms with Crippen molar-refractivity contribution in [3.05, 3.63) is 35.1 Å². The Morgan fingerprint density at radius 2 is 2.12 bits per heavy atom. The fourth-order valence-corrected chi connectivity index (χ4v) is 1.95. The molecule has 0 fully saturated rings. The second kappa shape index (κ2) is 6.07. The van der Waals surface area contributed by atoms with Gasteiger partial charge in [-0.15, -0.1) is 0 Å². The van der Waals surface area contributed by atoms with E-state index in [9.17, 15) is 4.39 Å². The van der Waals surface area contributed by atoms with Crippen LogP contribution >= 0.6 is 12.2 Å². The maximum absolute atomic E-state index is 13.6. The molecule has 0 amide bonds. The molecule has 2 nitrogen and oxygen atoms in total. The van der Waals surface area contributed by atoms with Crippen LogP contribution in [0, 0.1) is 11.7 Å². The zero-order valence-corrected chi connectivity index (χ0v) is 11.4. The molecule has 1 rings (SSSR count). The van der Waals surface area contributed by atoms with E-state index in [1.54, 1.807) is 12.1 Å². The molecular formula is C13H19FN2S. The van der Waals surface area contributed by atoms with Crippen LogP contribution < -0.4 is 5.73 Å². The fraction of sp³-hybridized carbons (Fsp3) is 0.462. The van der Waals surface area contributed by atoms with Crippen molar-refractivity contribution < 1.29 is 4.39 Å². The molecule has 0 bridgehead atoms. The molecule has 0 aliphatic carbocycles. The van der Waals surface area contributed by atoms with Crippen molar-refractivity contribution in [3.63, 3.8) is 0 Å². The summed E-state index contributed by atoms with van der Waals surface area (Å²) in [5, 5.41) is 0. The van der Waals surface area contributed by atoms with E-state index >= 15 is 0 Å². The van der Waals surface area contributed by atoms with E-state index in [0.717, 1.165) is 6.54 Å². The second-order valence-electron chi connectivity index (χ2n) is 4.76. The van der Waals surface area contributed by atoms with E-state index in [4.69, 9.17) is 18.0 Å². The van der Waals surface area contributed by atoms with Gasteiger partial charge < -0.3 is 10.6 Å². The highest BCUT2D eigenvalue weighted by Gasteiger charge is 2.09. The van der Waals surface area contributed by atoms with Crippen molar-refractivity contribution in [1.82, 2.24) is 4.90 Å². The summed E-state index contributed by atoms with van der Waals surface area (Å²) in [4.78, 5) is 2.39. The minimum Gasteiger partial charge on any atom is -0.389 e. The molecule has 0 saturated heterocycles. The fourth-order valence-electron chi connectivity index (χ4n) is 1.83. The molecule has 0 aromatic heterocycles. The Morgan fingerprint density at radius 3 is 2.65 bits per heavy atom. The Bertz CT molecular complexity index is 404. The van der Waals surface area contributed by atoms with Crippen LogP contribution in [-0.4, -0.2) is 23.5 Å². The summed E-state index contributed by atoms with van der Waals surface area (Å²) in [6.45, 7) is 5.77. The molecule has 17 heavy (non-hydrogen) atoms. The first kappa shape index (κ1) is 14.1. The van der Waals surface area contributed by atoms with Crippen LogP contribution in [-0.2, 0) is 6.54 Å². The van der Waals surface area contributed by atoms with Crippen LogP contribution in [0.4, 0.5) is 4.39 Å². The highest BCUT2D eigenvalue weighted by molar-refractivity contribution is 7.80. The van der Waals surface area contributed by atoms with Crippen molar-refractivity contribution >= 4 is 17.2 Å². The average molecular weight is 254 g/mol.